The lowest BCUT2D eigenvalue weighted by atomic mass is 10.0. The molecule has 2 heterocycles. The van der Waals surface area contributed by atoms with Crippen LogP contribution in [0.5, 0.6) is 23.0 Å². The highest BCUT2D eigenvalue weighted by Crippen LogP contribution is 2.48. The van der Waals surface area contributed by atoms with E-state index in [0.717, 1.165) is 70.3 Å². The molecule has 2 fully saturated rings. The van der Waals surface area contributed by atoms with Crippen LogP contribution in [-0.2, 0) is 0 Å². The number of amidine groups is 2. The number of anilines is 4. The molecule has 8 N–H and O–H groups in total. The Balaban J connectivity index is 0.000000219. The molecule has 2 aliphatic rings. The number of aliphatic imine (C=N–C) groups is 2. The normalized spacial score (nSPS) is 14.5. The van der Waals surface area contributed by atoms with E-state index in [0.29, 0.717) is 99.0 Å². The summed E-state index contributed by atoms with van der Waals surface area (Å²) in [4.78, 5) is 43.3. The Kier molecular flexibility index (Phi) is 18.7. The van der Waals surface area contributed by atoms with Crippen LogP contribution >= 0.6 is 46.4 Å². The number of hydrogen-bond acceptors (Lipinski definition) is 12. The molecule has 394 valence electrons. The minimum absolute atomic E-state index is 0.0132. The Morgan fingerprint density at radius 1 is 0.520 bits per heavy atom. The zero-order chi connectivity index (χ0) is 54.1. The number of halogens is 4. The van der Waals surface area contributed by atoms with Crippen LogP contribution in [0, 0.1) is 0 Å². The fourth-order valence-electron chi connectivity index (χ4n) is 8.69. The van der Waals surface area contributed by atoms with Gasteiger partial charge >= 0.3 is 0 Å². The first-order chi connectivity index (χ1) is 36.0. The average molecular weight is 1100 g/mol. The molecule has 0 saturated carbocycles. The Labute approximate surface area is 457 Å². The second-order valence-electron chi connectivity index (χ2n) is 17.6. The zero-order valence-corrected chi connectivity index (χ0v) is 45.6. The molecule has 2 amide bonds. The van der Waals surface area contributed by atoms with Gasteiger partial charge < -0.3 is 61.5 Å². The van der Waals surface area contributed by atoms with Gasteiger partial charge in [0.15, 0.2) is 0 Å². The molecule has 2 aliphatic heterocycles. The van der Waals surface area contributed by atoms with Gasteiger partial charge in [0.1, 0.15) is 34.7 Å². The quantitative estimate of drug-likeness (QED) is 0.0482. The summed E-state index contributed by atoms with van der Waals surface area (Å²) in [6, 6.07) is 28.3. The molecule has 8 rings (SSSR count). The molecule has 0 unspecified atom stereocenters. The fraction of sp³-hybridized carbons (Fsp3) is 0.273. The smallest absolute Gasteiger partial charge is 0.279 e. The van der Waals surface area contributed by atoms with Crippen LogP contribution in [0.2, 0.25) is 20.1 Å². The second-order valence-corrected chi connectivity index (χ2v) is 19.1. The van der Waals surface area contributed by atoms with Crippen LogP contribution in [0.4, 0.5) is 22.7 Å². The van der Waals surface area contributed by atoms with Crippen molar-refractivity contribution in [3.8, 4) is 45.3 Å². The molecule has 6 aromatic rings. The van der Waals surface area contributed by atoms with Crippen molar-refractivity contribution in [2.75, 3.05) is 116 Å². The van der Waals surface area contributed by atoms with Crippen molar-refractivity contribution in [2.45, 2.75) is 6.92 Å². The lowest BCUT2D eigenvalue weighted by molar-refractivity contribution is 0.0994. The van der Waals surface area contributed by atoms with Crippen molar-refractivity contribution in [1.29, 1.82) is 0 Å². The van der Waals surface area contributed by atoms with Gasteiger partial charge in [0.25, 0.3) is 11.8 Å². The van der Waals surface area contributed by atoms with Crippen LogP contribution in [-0.4, -0.2) is 128 Å². The Morgan fingerprint density at radius 2 is 0.933 bits per heavy atom. The van der Waals surface area contributed by atoms with Crippen LogP contribution in [0.3, 0.4) is 0 Å². The van der Waals surface area contributed by atoms with Gasteiger partial charge in [-0.05, 0) is 91.4 Å². The number of ether oxygens (including phenoxy) is 4. The number of nitrogens with zero attached hydrogens (tertiary/aromatic N) is 6. The molecule has 20 heteroatoms. The topological polar surface area (TPSA) is 213 Å². The Bertz CT molecular complexity index is 3070. The van der Waals surface area contributed by atoms with Gasteiger partial charge in [-0.25, -0.2) is 0 Å². The molecule has 0 aromatic heterocycles. The summed E-state index contributed by atoms with van der Waals surface area (Å²) in [5, 5.41) is 1.27. The first kappa shape index (κ1) is 55.8. The van der Waals surface area contributed by atoms with Crippen LogP contribution < -0.4 is 51.7 Å². The predicted octanol–water partition coefficient (Wildman–Crippen LogP) is 9.50. The van der Waals surface area contributed by atoms with E-state index in [-0.39, 0.29) is 11.7 Å². The second kappa shape index (κ2) is 25.1. The zero-order valence-electron chi connectivity index (χ0n) is 42.6. The highest BCUT2D eigenvalue weighted by Gasteiger charge is 2.23. The van der Waals surface area contributed by atoms with Gasteiger partial charge in [0.05, 0.1) is 48.5 Å². The maximum Gasteiger partial charge on any atom is 0.279 e. The van der Waals surface area contributed by atoms with Gasteiger partial charge in [-0.2, -0.15) is 9.98 Å². The van der Waals surface area contributed by atoms with E-state index in [2.05, 4.69) is 43.6 Å². The lowest BCUT2D eigenvalue weighted by Crippen LogP contribution is -2.46. The van der Waals surface area contributed by atoms with Gasteiger partial charge in [0, 0.05) is 121 Å². The number of amides is 2. The molecule has 0 atom stereocenters. The SMILES string of the molecule is CCN1CCN(c2ccc(C(=O)N=C(N)c3ccc(-c4c(Cl)c(OC)cc(OC)c4Cl)cc3N)cc2)CC1.COc1cc(OC)c(Cl)c(-c2ccc(C(N)=NC(=O)c3cccc(N4CCN(C)CC4)c3)c(N)c2)c1Cl. The molecular weight excluding hydrogens is 1040 g/mol. The number of methoxy groups -OCH3 is 4. The number of hydrogen-bond donors (Lipinski definition) is 4. The van der Waals surface area contributed by atoms with Gasteiger partial charge in [-0.3, -0.25) is 9.59 Å². The molecule has 0 aliphatic carbocycles. The van der Waals surface area contributed by atoms with Crippen molar-refractivity contribution in [1.82, 2.24) is 9.80 Å². The largest absolute Gasteiger partial charge is 0.495 e. The summed E-state index contributed by atoms with van der Waals surface area (Å²) in [5.41, 5.74) is 31.7. The van der Waals surface area contributed by atoms with Crippen molar-refractivity contribution in [2.24, 2.45) is 21.5 Å². The van der Waals surface area contributed by atoms with Crippen molar-refractivity contribution in [3.63, 3.8) is 0 Å². The number of carbonyl (C=O) groups is 2. The minimum Gasteiger partial charge on any atom is -0.495 e. The Hall–Kier alpha value is -6.92. The first-order valence-electron chi connectivity index (χ1n) is 23.9. The van der Waals surface area contributed by atoms with E-state index in [1.54, 1.807) is 66.7 Å². The predicted molar refractivity (Wildman–Crippen MR) is 306 cm³/mol. The van der Waals surface area contributed by atoms with Crippen LogP contribution in [0.15, 0.2) is 107 Å². The number of rotatable bonds is 13. The van der Waals surface area contributed by atoms with Crippen molar-refractivity contribution in [3.05, 3.63) is 139 Å². The maximum absolute atomic E-state index is 12.9. The summed E-state index contributed by atoms with van der Waals surface area (Å²) < 4.78 is 21.4. The lowest BCUT2D eigenvalue weighted by Gasteiger charge is -2.35. The van der Waals surface area contributed by atoms with Gasteiger partial charge in [-0.15, -0.1) is 0 Å². The molecule has 75 heavy (non-hydrogen) atoms. The van der Waals surface area contributed by atoms with Crippen LogP contribution in [0.25, 0.3) is 22.3 Å². The van der Waals surface area contributed by atoms with Crippen LogP contribution in [0.1, 0.15) is 38.8 Å². The molecule has 6 aromatic carbocycles. The Morgan fingerprint density at radius 3 is 1.35 bits per heavy atom. The molecule has 0 bridgehead atoms. The average Bonchev–Trinajstić information content (AvgIpc) is 3.41. The van der Waals surface area contributed by atoms with Crippen molar-refractivity contribution < 1.29 is 28.5 Å². The summed E-state index contributed by atoms with van der Waals surface area (Å²) in [6.07, 6.45) is 0. The molecular formula is C55H60Cl4N10O6. The van der Waals surface area contributed by atoms with E-state index in [9.17, 15) is 9.59 Å². The minimum atomic E-state index is -0.447. The maximum atomic E-state index is 12.9. The third-order valence-electron chi connectivity index (χ3n) is 13.1. The molecule has 0 radical (unpaired) electrons. The van der Waals surface area contributed by atoms with Gasteiger partial charge in [-0.1, -0.05) is 71.5 Å². The highest BCUT2D eigenvalue weighted by molar-refractivity contribution is 6.42. The third-order valence-corrected chi connectivity index (χ3v) is 14.6. The summed E-state index contributed by atoms with van der Waals surface area (Å²) in [5.74, 6) is 0.770. The number of nitrogens with two attached hydrogens (primary N) is 4. The molecule has 0 spiro atoms. The molecule has 2 saturated heterocycles. The van der Waals surface area contributed by atoms with E-state index < -0.39 is 11.8 Å². The number of piperazine rings is 2. The number of benzene rings is 6. The molecule has 16 nitrogen and oxygen atoms in total. The van der Waals surface area contributed by atoms with E-state index in [4.69, 9.17) is 88.3 Å². The summed E-state index contributed by atoms with van der Waals surface area (Å²) >= 11 is 26.2. The standard InChI is InChI=1S/C28H31Cl2N5O3.C27H29Cl2N5O3/c1-4-34-11-13-35(14-12-34)19-8-5-17(6-9-19)28(36)33-27(32)20-10-7-18(15-21(20)31)24-25(29)22(37-2)16-23(38-3)26(24)30;1-33-9-11-34(12-10-33)18-6-4-5-17(13-18)27(35)32-26(31)19-8-7-16(14-20(19)30)23-24(28)21(36-2)15-22(37-3)25(23)29/h5-10,15-16H,4,11-14,31H2,1-3H3,(H2,32,33,36);4-8,13-15H,9-12,30H2,1-3H3,(H2,31,32,35). The van der Waals surface area contributed by atoms with E-state index in [1.165, 1.54) is 28.4 Å². The summed E-state index contributed by atoms with van der Waals surface area (Å²) in [6.45, 7) is 10.9. The van der Waals surface area contributed by atoms with Gasteiger partial charge in [0.2, 0.25) is 0 Å². The van der Waals surface area contributed by atoms with E-state index >= 15 is 0 Å². The first-order valence-corrected chi connectivity index (χ1v) is 25.4. The number of likely N-dealkylation sites (N-methyl/N-ethyl adjacent to an activating group) is 2. The number of nitrogen functional groups attached to an aromatic ring is 2. The highest BCUT2D eigenvalue weighted by atomic mass is 35.5. The monoisotopic (exact) mass is 1100 g/mol. The fourth-order valence-corrected chi connectivity index (χ4v) is 10.1. The summed E-state index contributed by atoms with van der Waals surface area (Å²) in [7, 11) is 8.12. The third kappa shape index (κ3) is 12.8. The van der Waals surface area contributed by atoms with E-state index in [1.807, 2.05) is 30.3 Å². The number of carbonyl (C=O) groups excluding carboxylic acids is 2. The van der Waals surface area contributed by atoms with Crippen molar-refractivity contribution >= 4 is 92.6 Å².